The number of hydrogen-bond donors (Lipinski definition) is 1. The number of benzene rings is 2. The third-order valence-electron chi connectivity index (χ3n) is 5.55. The normalized spacial score (nSPS) is 14.2. The lowest BCUT2D eigenvalue weighted by molar-refractivity contribution is -0.120. The molecule has 144 valence electrons. The summed E-state index contributed by atoms with van der Waals surface area (Å²) in [6.07, 6.45) is 4.53. The summed E-state index contributed by atoms with van der Waals surface area (Å²) in [5.74, 6) is 1.92. The van der Waals surface area contributed by atoms with Crippen molar-refractivity contribution in [2.24, 2.45) is 0 Å². The van der Waals surface area contributed by atoms with E-state index in [1.807, 2.05) is 68.4 Å². The molecule has 1 aromatic heterocycles. The molecule has 2 heterocycles. The van der Waals surface area contributed by atoms with Crippen LogP contribution in [0.4, 0.5) is 5.69 Å². The van der Waals surface area contributed by atoms with Crippen LogP contribution in [0.15, 0.2) is 54.6 Å². The fourth-order valence-electron chi connectivity index (χ4n) is 3.71. The molecule has 1 amide bonds. The summed E-state index contributed by atoms with van der Waals surface area (Å²) < 4.78 is 2.22. The van der Waals surface area contributed by atoms with Crippen LogP contribution in [0, 0.1) is 0 Å². The number of amides is 1. The number of nitrogens with zero attached hydrogens (tertiary/aromatic N) is 3. The average molecular weight is 374 g/mol. The summed E-state index contributed by atoms with van der Waals surface area (Å²) in [6, 6.07) is 17.7. The van der Waals surface area contributed by atoms with E-state index in [2.05, 4.69) is 20.1 Å². The SMILES string of the molecule is CC(C)(C(=O)Nc1cccc(-c2nnc3n2CCCCC3)c1)c1ccccc1. The minimum atomic E-state index is -0.622. The van der Waals surface area contributed by atoms with Gasteiger partial charge >= 0.3 is 0 Å². The number of hydrogen-bond acceptors (Lipinski definition) is 3. The van der Waals surface area contributed by atoms with Gasteiger partial charge in [0, 0.05) is 24.2 Å². The zero-order valence-electron chi connectivity index (χ0n) is 16.5. The van der Waals surface area contributed by atoms with E-state index in [9.17, 15) is 4.79 Å². The minimum Gasteiger partial charge on any atom is -0.325 e. The van der Waals surface area contributed by atoms with Crippen LogP contribution >= 0.6 is 0 Å². The molecule has 0 saturated carbocycles. The summed E-state index contributed by atoms with van der Waals surface area (Å²) in [7, 11) is 0. The van der Waals surface area contributed by atoms with Crippen molar-refractivity contribution < 1.29 is 4.79 Å². The molecule has 0 bridgehead atoms. The fourth-order valence-corrected chi connectivity index (χ4v) is 3.71. The quantitative estimate of drug-likeness (QED) is 0.727. The number of rotatable bonds is 4. The first-order valence-electron chi connectivity index (χ1n) is 9.95. The van der Waals surface area contributed by atoms with Crippen LogP contribution in [0.1, 0.15) is 44.5 Å². The number of aromatic nitrogens is 3. The van der Waals surface area contributed by atoms with Crippen LogP contribution in [0.3, 0.4) is 0 Å². The molecule has 0 aliphatic carbocycles. The van der Waals surface area contributed by atoms with Crippen molar-refractivity contribution in [3.05, 3.63) is 66.0 Å². The van der Waals surface area contributed by atoms with Crippen molar-refractivity contribution in [2.45, 2.75) is 51.5 Å². The van der Waals surface area contributed by atoms with E-state index >= 15 is 0 Å². The number of carbonyl (C=O) groups excluding carboxylic acids is 1. The molecule has 1 aliphatic rings. The van der Waals surface area contributed by atoms with Gasteiger partial charge in [-0.25, -0.2) is 0 Å². The molecule has 0 atom stereocenters. The molecule has 1 N–H and O–H groups in total. The van der Waals surface area contributed by atoms with Gasteiger partial charge in [0.1, 0.15) is 5.82 Å². The maximum absolute atomic E-state index is 13.0. The Balaban J connectivity index is 1.58. The highest BCUT2D eigenvalue weighted by molar-refractivity contribution is 5.98. The van der Waals surface area contributed by atoms with Crippen LogP contribution in [0.25, 0.3) is 11.4 Å². The predicted molar refractivity (Wildman–Crippen MR) is 111 cm³/mol. The Kier molecular flexibility index (Phi) is 4.99. The average Bonchev–Trinajstić information content (AvgIpc) is 2.97. The highest BCUT2D eigenvalue weighted by Crippen LogP contribution is 2.28. The molecule has 0 spiro atoms. The molecular formula is C23H26N4O. The second kappa shape index (κ2) is 7.58. The lowest BCUT2D eigenvalue weighted by atomic mass is 9.83. The Hall–Kier alpha value is -2.95. The van der Waals surface area contributed by atoms with Crippen molar-refractivity contribution in [2.75, 3.05) is 5.32 Å². The smallest absolute Gasteiger partial charge is 0.234 e. The number of carbonyl (C=O) groups is 1. The second-order valence-corrected chi connectivity index (χ2v) is 7.93. The molecule has 0 saturated heterocycles. The van der Waals surface area contributed by atoms with Crippen LogP contribution in [-0.4, -0.2) is 20.7 Å². The predicted octanol–water partition coefficient (Wildman–Crippen LogP) is 4.59. The maximum Gasteiger partial charge on any atom is 0.234 e. The van der Waals surface area contributed by atoms with Crippen LogP contribution in [0.5, 0.6) is 0 Å². The third-order valence-corrected chi connectivity index (χ3v) is 5.55. The molecule has 5 nitrogen and oxygen atoms in total. The number of anilines is 1. The standard InChI is InChI=1S/C23H26N4O/c1-23(2,18-11-5-3-6-12-18)22(28)24-19-13-9-10-17(16-19)21-26-25-20-14-7-4-8-15-27(20)21/h3,5-6,9-13,16H,4,7-8,14-15H2,1-2H3,(H,24,28). The van der Waals surface area contributed by atoms with Gasteiger partial charge in [0.15, 0.2) is 5.82 Å². The fraction of sp³-hybridized carbons (Fsp3) is 0.348. The molecule has 1 aliphatic heterocycles. The zero-order chi connectivity index (χ0) is 19.6. The van der Waals surface area contributed by atoms with E-state index in [1.165, 1.54) is 12.8 Å². The molecule has 28 heavy (non-hydrogen) atoms. The van der Waals surface area contributed by atoms with Gasteiger partial charge in [0.2, 0.25) is 5.91 Å². The number of aryl methyl sites for hydroxylation is 1. The topological polar surface area (TPSA) is 59.8 Å². The van der Waals surface area contributed by atoms with Gasteiger partial charge in [0.25, 0.3) is 0 Å². The highest BCUT2D eigenvalue weighted by atomic mass is 16.2. The van der Waals surface area contributed by atoms with Gasteiger partial charge < -0.3 is 9.88 Å². The Morgan fingerprint density at radius 3 is 2.64 bits per heavy atom. The summed E-state index contributed by atoms with van der Waals surface area (Å²) in [4.78, 5) is 13.0. The highest BCUT2D eigenvalue weighted by Gasteiger charge is 2.29. The van der Waals surface area contributed by atoms with Crippen LogP contribution in [0.2, 0.25) is 0 Å². The summed E-state index contributed by atoms with van der Waals surface area (Å²) in [5.41, 5.74) is 2.13. The van der Waals surface area contributed by atoms with Gasteiger partial charge in [0.05, 0.1) is 5.41 Å². The molecule has 5 heteroatoms. The minimum absolute atomic E-state index is 0.0316. The first-order chi connectivity index (χ1) is 13.6. The van der Waals surface area contributed by atoms with Gasteiger partial charge in [-0.3, -0.25) is 4.79 Å². The van der Waals surface area contributed by atoms with Crippen molar-refractivity contribution in [3.63, 3.8) is 0 Å². The second-order valence-electron chi connectivity index (χ2n) is 7.93. The largest absolute Gasteiger partial charge is 0.325 e. The molecule has 0 unspecified atom stereocenters. The van der Waals surface area contributed by atoms with Crippen molar-refractivity contribution in [1.82, 2.24) is 14.8 Å². The molecule has 0 fully saturated rings. The van der Waals surface area contributed by atoms with E-state index in [0.717, 1.165) is 47.8 Å². The van der Waals surface area contributed by atoms with Crippen LogP contribution in [-0.2, 0) is 23.2 Å². The van der Waals surface area contributed by atoms with Gasteiger partial charge in [-0.15, -0.1) is 10.2 Å². The Morgan fingerprint density at radius 2 is 1.82 bits per heavy atom. The van der Waals surface area contributed by atoms with E-state index in [4.69, 9.17) is 0 Å². The van der Waals surface area contributed by atoms with Crippen molar-refractivity contribution in [1.29, 1.82) is 0 Å². The van der Waals surface area contributed by atoms with E-state index in [0.29, 0.717) is 0 Å². The van der Waals surface area contributed by atoms with Crippen molar-refractivity contribution >= 4 is 11.6 Å². The number of nitrogens with one attached hydrogen (secondary N) is 1. The van der Waals surface area contributed by atoms with Gasteiger partial charge in [-0.1, -0.05) is 48.9 Å². The summed E-state index contributed by atoms with van der Waals surface area (Å²) in [5, 5.41) is 11.9. The zero-order valence-corrected chi connectivity index (χ0v) is 16.5. The molecule has 4 rings (SSSR count). The monoisotopic (exact) mass is 374 g/mol. The summed E-state index contributed by atoms with van der Waals surface area (Å²) in [6.45, 7) is 4.84. The maximum atomic E-state index is 13.0. The van der Waals surface area contributed by atoms with E-state index in [1.54, 1.807) is 0 Å². The lowest BCUT2D eigenvalue weighted by Crippen LogP contribution is -2.34. The molecular weight excluding hydrogens is 348 g/mol. The molecule has 0 radical (unpaired) electrons. The van der Waals surface area contributed by atoms with Crippen LogP contribution < -0.4 is 5.32 Å². The molecule has 3 aromatic rings. The van der Waals surface area contributed by atoms with E-state index < -0.39 is 5.41 Å². The first-order valence-corrected chi connectivity index (χ1v) is 9.95. The Labute approximate surface area is 165 Å². The summed E-state index contributed by atoms with van der Waals surface area (Å²) >= 11 is 0. The third kappa shape index (κ3) is 3.57. The number of fused-ring (bicyclic) bond motifs is 1. The first kappa shape index (κ1) is 18.4. The lowest BCUT2D eigenvalue weighted by Gasteiger charge is -2.24. The molecule has 2 aromatic carbocycles. The Bertz CT molecular complexity index is 975. The van der Waals surface area contributed by atoms with Gasteiger partial charge in [-0.2, -0.15) is 0 Å². The van der Waals surface area contributed by atoms with E-state index in [-0.39, 0.29) is 5.91 Å². The van der Waals surface area contributed by atoms with Crippen molar-refractivity contribution in [3.8, 4) is 11.4 Å². The Morgan fingerprint density at radius 1 is 1.00 bits per heavy atom. The van der Waals surface area contributed by atoms with Gasteiger partial charge in [-0.05, 0) is 44.4 Å².